The van der Waals surface area contributed by atoms with E-state index in [9.17, 15) is 22.8 Å². The van der Waals surface area contributed by atoms with Crippen molar-refractivity contribution in [2.45, 2.75) is 43.6 Å². The number of carbonyl (C=O) groups excluding carboxylic acids is 2. The average Bonchev–Trinajstić information content (AvgIpc) is 3.50. The number of aromatic nitrogens is 1. The third kappa shape index (κ3) is 4.17. The number of anilines is 1. The van der Waals surface area contributed by atoms with Crippen molar-refractivity contribution >= 4 is 39.4 Å². The Labute approximate surface area is 198 Å². The van der Waals surface area contributed by atoms with Gasteiger partial charge in [-0.25, -0.2) is 9.78 Å². The zero-order valence-corrected chi connectivity index (χ0v) is 19.7. The van der Waals surface area contributed by atoms with Crippen LogP contribution < -0.4 is 10.2 Å². The van der Waals surface area contributed by atoms with Crippen LogP contribution >= 0.6 is 11.3 Å². The molecule has 0 radical (unpaired) electrons. The van der Waals surface area contributed by atoms with Crippen molar-refractivity contribution in [1.29, 1.82) is 0 Å². The van der Waals surface area contributed by atoms with Crippen LogP contribution in [-0.2, 0) is 10.9 Å². The lowest BCUT2D eigenvalue weighted by atomic mass is 10.1. The summed E-state index contributed by atoms with van der Waals surface area (Å²) in [6.07, 6.45) is -3.18. The van der Waals surface area contributed by atoms with Crippen LogP contribution in [0.25, 0.3) is 10.2 Å². The molecule has 2 amide bonds. The highest BCUT2D eigenvalue weighted by Gasteiger charge is 2.50. The molecule has 12 heteroatoms. The number of amides is 2. The van der Waals surface area contributed by atoms with Crippen LogP contribution in [0, 0.1) is 0 Å². The van der Waals surface area contributed by atoms with Gasteiger partial charge in [0.25, 0.3) is 5.91 Å². The maximum absolute atomic E-state index is 13.8. The van der Waals surface area contributed by atoms with Gasteiger partial charge in [0.05, 0.1) is 27.4 Å². The molecule has 1 N–H and O–H groups in total. The number of halogens is 3. The number of fused-ring (bicyclic) bond motifs is 2. The van der Waals surface area contributed by atoms with Crippen LogP contribution in [0.4, 0.5) is 23.8 Å². The van der Waals surface area contributed by atoms with Gasteiger partial charge >= 0.3 is 12.3 Å². The largest absolute Gasteiger partial charge is 0.446 e. The summed E-state index contributed by atoms with van der Waals surface area (Å²) in [6, 6.07) is 1.70. The van der Waals surface area contributed by atoms with Crippen LogP contribution in [0.2, 0.25) is 0 Å². The number of pyridine rings is 1. The molecule has 5 rings (SSSR count). The third-order valence-electron chi connectivity index (χ3n) is 6.94. The number of nitrogens with one attached hydrogen (secondary N) is 1. The van der Waals surface area contributed by atoms with Crippen LogP contribution in [0.15, 0.2) is 11.4 Å². The van der Waals surface area contributed by atoms with Crippen molar-refractivity contribution < 1.29 is 27.5 Å². The molecule has 2 saturated heterocycles. The number of nitrogens with zero attached hydrogens (tertiary/aromatic N) is 4. The summed E-state index contributed by atoms with van der Waals surface area (Å²) in [6.45, 7) is 2.28. The first-order valence-corrected chi connectivity index (χ1v) is 12.2. The molecule has 34 heavy (non-hydrogen) atoms. The fraction of sp³-hybridized carbons (Fsp3) is 0.591. The van der Waals surface area contributed by atoms with Gasteiger partial charge in [-0.05, 0) is 19.5 Å². The molecule has 2 aromatic heterocycles. The summed E-state index contributed by atoms with van der Waals surface area (Å²) in [7, 11) is 3.49. The number of piperazine rings is 1. The van der Waals surface area contributed by atoms with E-state index >= 15 is 0 Å². The lowest BCUT2D eigenvalue weighted by Crippen LogP contribution is -2.49. The van der Waals surface area contributed by atoms with Crippen molar-refractivity contribution in [2.24, 2.45) is 0 Å². The second-order valence-corrected chi connectivity index (χ2v) is 9.93. The Hall–Kier alpha value is -2.60. The fourth-order valence-electron chi connectivity index (χ4n) is 4.88. The van der Waals surface area contributed by atoms with Gasteiger partial charge in [-0.2, -0.15) is 13.2 Å². The van der Waals surface area contributed by atoms with Gasteiger partial charge in [0.15, 0.2) is 0 Å². The van der Waals surface area contributed by atoms with E-state index in [1.807, 2.05) is 0 Å². The lowest BCUT2D eigenvalue weighted by molar-refractivity contribution is -0.136. The molecule has 2 aliphatic heterocycles. The van der Waals surface area contributed by atoms with Crippen LogP contribution in [-0.4, -0.2) is 85.2 Å². The number of carbonyl (C=O) groups is 2. The molecule has 4 heterocycles. The lowest BCUT2D eigenvalue weighted by Gasteiger charge is -2.35. The summed E-state index contributed by atoms with van der Waals surface area (Å²) in [5.74, 6) is -0.301. The minimum Gasteiger partial charge on any atom is -0.446 e. The second kappa shape index (κ2) is 8.56. The normalized spacial score (nSPS) is 23.7. The molecule has 0 bridgehead atoms. The number of alkyl halides is 3. The smallest absolute Gasteiger partial charge is 0.417 e. The summed E-state index contributed by atoms with van der Waals surface area (Å²) >= 11 is 0.864. The van der Waals surface area contributed by atoms with Crippen molar-refractivity contribution in [3.8, 4) is 0 Å². The Morgan fingerprint density at radius 1 is 1.18 bits per heavy atom. The molecule has 8 nitrogen and oxygen atoms in total. The van der Waals surface area contributed by atoms with E-state index in [1.165, 1.54) is 12.4 Å². The quantitative estimate of drug-likeness (QED) is 0.702. The monoisotopic (exact) mass is 497 g/mol. The average molecular weight is 498 g/mol. The molecule has 0 aromatic carbocycles. The highest BCUT2D eigenvalue weighted by molar-refractivity contribution is 7.17. The van der Waals surface area contributed by atoms with Crippen molar-refractivity contribution in [2.75, 3.05) is 45.2 Å². The molecule has 3 fully saturated rings. The number of piperidine rings is 1. The molecule has 1 aliphatic carbocycles. The van der Waals surface area contributed by atoms with Gasteiger partial charge in [-0.3, -0.25) is 9.69 Å². The summed E-state index contributed by atoms with van der Waals surface area (Å²) in [4.78, 5) is 35.1. The molecule has 1 saturated carbocycles. The number of rotatable bonds is 3. The maximum Gasteiger partial charge on any atom is 0.417 e. The van der Waals surface area contributed by atoms with Crippen molar-refractivity contribution in [3.63, 3.8) is 0 Å². The van der Waals surface area contributed by atoms with Gasteiger partial charge in [-0.1, -0.05) is 0 Å². The molecule has 0 spiro atoms. The minimum atomic E-state index is -4.57. The summed E-state index contributed by atoms with van der Waals surface area (Å²) in [5, 5.41) is 3.86. The van der Waals surface area contributed by atoms with E-state index < -0.39 is 17.6 Å². The molecule has 0 unspecified atom stereocenters. The summed E-state index contributed by atoms with van der Waals surface area (Å²) in [5.41, 5.74) is -0.615. The molecule has 3 aliphatic rings. The molecule has 2 atom stereocenters. The van der Waals surface area contributed by atoms with E-state index in [2.05, 4.69) is 22.2 Å². The zero-order chi connectivity index (χ0) is 24.2. The topological polar surface area (TPSA) is 78.0 Å². The number of hydrogen-bond acceptors (Lipinski definition) is 7. The zero-order valence-electron chi connectivity index (χ0n) is 18.9. The first-order chi connectivity index (χ1) is 16.2. The maximum atomic E-state index is 13.8. The number of thiophene rings is 1. The number of likely N-dealkylation sites (N-methyl/N-ethyl adjacent to an activating group) is 1. The minimum absolute atomic E-state index is 0.0516. The van der Waals surface area contributed by atoms with Gasteiger partial charge in [-0.15, -0.1) is 11.3 Å². The molecular formula is C22H26F3N5O3S. The van der Waals surface area contributed by atoms with E-state index in [4.69, 9.17) is 4.74 Å². The predicted molar refractivity (Wildman–Crippen MR) is 121 cm³/mol. The third-order valence-corrected chi connectivity index (χ3v) is 7.94. The van der Waals surface area contributed by atoms with E-state index in [1.54, 1.807) is 9.80 Å². The molecule has 2 aromatic rings. The summed E-state index contributed by atoms with van der Waals surface area (Å²) < 4.78 is 47.1. The van der Waals surface area contributed by atoms with Gasteiger partial charge in [0.1, 0.15) is 11.9 Å². The van der Waals surface area contributed by atoms with Crippen LogP contribution in [0.1, 0.15) is 35.2 Å². The Bertz CT molecular complexity index is 1120. The van der Waals surface area contributed by atoms with E-state index in [0.29, 0.717) is 38.5 Å². The Balaban J connectivity index is 1.29. The molecule has 184 valence electrons. The Kier molecular flexibility index (Phi) is 5.83. The van der Waals surface area contributed by atoms with Gasteiger partial charge in [0, 0.05) is 57.5 Å². The fourth-order valence-corrected chi connectivity index (χ4v) is 5.90. The highest BCUT2D eigenvalue weighted by Crippen LogP contribution is 2.41. The SMILES string of the molecule is CNC(=O)c1csc2c(C(F)(F)F)cc(N3CCC(OC(=O)N4CCN(C)[C@H]5C[C@H]54)CC3)nc12. The predicted octanol–water partition coefficient (Wildman–Crippen LogP) is 3.17. The van der Waals surface area contributed by atoms with E-state index in [0.717, 1.165) is 30.4 Å². The molecular weight excluding hydrogens is 471 g/mol. The first kappa shape index (κ1) is 23.2. The number of ether oxygens (including phenoxy) is 1. The van der Waals surface area contributed by atoms with Gasteiger partial charge < -0.3 is 19.9 Å². The van der Waals surface area contributed by atoms with E-state index in [-0.39, 0.29) is 39.8 Å². The Morgan fingerprint density at radius 2 is 1.91 bits per heavy atom. The first-order valence-electron chi connectivity index (χ1n) is 11.3. The van der Waals surface area contributed by atoms with Crippen molar-refractivity contribution in [3.05, 3.63) is 22.6 Å². The number of hydrogen-bond donors (Lipinski definition) is 1. The van der Waals surface area contributed by atoms with Gasteiger partial charge in [0.2, 0.25) is 0 Å². The Morgan fingerprint density at radius 3 is 2.59 bits per heavy atom. The highest BCUT2D eigenvalue weighted by atomic mass is 32.1. The standard InChI is InChI=1S/C22H26F3N5O3S/c1-26-20(31)13-11-34-19-14(22(23,24)25)9-17(27-18(13)19)29-5-3-12(4-6-29)33-21(32)30-8-7-28(2)15-10-16(15)30/h9,11-12,15-16H,3-8,10H2,1-2H3,(H,26,31)/t15-,16+/m0/s1. The van der Waals surface area contributed by atoms with Crippen molar-refractivity contribution in [1.82, 2.24) is 20.1 Å². The second-order valence-electron chi connectivity index (χ2n) is 9.05. The van der Waals surface area contributed by atoms with Crippen LogP contribution in [0.5, 0.6) is 0 Å². The van der Waals surface area contributed by atoms with Crippen LogP contribution in [0.3, 0.4) is 0 Å².